The first-order chi connectivity index (χ1) is 12.7. The Hall–Kier alpha value is -2.33. The van der Waals surface area contributed by atoms with Gasteiger partial charge in [-0.05, 0) is 50.4 Å². The van der Waals surface area contributed by atoms with Gasteiger partial charge in [0.25, 0.3) is 5.91 Å². The Morgan fingerprint density at radius 2 is 1.73 bits per heavy atom. The number of rotatable bonds is 6. The van der Waals surface area contributed by atoms with Crippen molar-refractivity contribution in [3.05, 3.63) is 65.7 Å². The summed E-state index contributed by atoms with van der Waals surface area (Å²) in [7, 11) is 3.63. The lowest BCUT2D eigenvalue weighted by Gasteiger charge is -2.41. The van der Waals surface area contributed by atoms with Gasteiger partial charge in [-0.1, -0.05) is 42.5 Å². The highest BCUT2D eigenvalue weighted by molar-refractivity contribution is 5.96. The van der Waals surface area contributed by atoms with Crippen molar-refractivity contribution >= 4 is 5.91 Å². The maximum absolute atomic E-state index is 12.8. The Morgan fingerprint density at radius 3 is 2.38 bits per heavy atom. The molecule has 0 heterocycles. The second-order valence-corrected chi connectivity index (χ2v) is 7.09. The van der Waals surface area contributed by atoms with Gasteiger partial charge in [0.2, 0.25) is 0 Å². The first-order valence-corrected chi connectivity index (χ1v) is 9.32. The van der Waals surface area contributed by atoms with E-state index in [9.17, 15) is 4.79 Å². The number of amides is 1. The Balaban J connectivity index is 1.78. The molecule has 3 rings (SSSR count). The molecule has 138 valence electrons. The molecule has 1 fully saturated rings. The van der Waals surface area contributed by atoms with Gasteiger partial charge >= 0.3 is 0 Å². The van der Waals surface area contributed by atoms with Crippen molar-refractivity contribution in [2.45, 2.75) is 37.1 Å². The molecule has 0 bridgehead atoms. The Morgan fingerprint density at radius 1 is 1.08 bits per heavy atom. The molecule has 1 aliphatic rings. The lowest BCUT2D eigenvalue weighted by atomic mass is 9.68. The highest BCUT2D eigenvalue weighted by Crippen LogP contribution is 2.39. The molecule has 1 aliphatic carbocycles. The van der Waals surface area contributed by atoms with Gasteiger partial charge in [-0.15, -0.1) is 0 Å². The molecule has 1 amide bonds. The first kappa shape index (κ1) is 18.5. The molecule has 0 spiro atoms. The van der Waals surface area contributed by atoms with Crippen molar-refractivity contribution in [3.63, 3.8) is 0 Å². The number of ether oxygens (including phenoxy) is 1. The second-order valence-electron chi connectivity index (χ2n) is 7.09. The third kappa shape index (κ3) is 3.91. The summed E-state index contributed by atoms with van der Waals surface area (Å²) in [6, 6.07) is 18.5. The third-order valence-electron chi connectivity index (χ3n) is 5.68. The van der Waals surface area contributed by atoms with Gasteiger partial charge in [0.1, 0.15) is 5.75 Å². The summed E-state index contributed by atoms with van der Waals surface area (Å²) in [4.78, 5) is 12.8. The Bertz CT molecular complexity index is 722. The average Bonchev–Trinajstić information content (AvgIpc) is 2.73. The molecule has 0 saturated heterocycles. The fraction of sp³-hybridized carbons (Fsp3) is 0.409. The van der Waals surface area contributed by atoms with Crippen LogP contribution in [0.2, 0.25) is 0 Å². The summed E-state index contributed by atoms with van der Waals surface area (Å²) in [5.41, 5.74) is 1.89. The van der Waals surface area contributed by atoms with Crippen molar-refractivity contribution in [2.75, 3.05) is 20.7 Å². The van der Waals surface area contributed by atoms with Gasteiger partial charge in [0.15, 0.2) is 0 Å². The minimum absolute atomic E-state index is 0.00765. The van der Waals surface area contributed by atoms with Crippen LogP contribution < -0.4 is 15.4 Å². The maximum Gasteiger partial charge on any atom is 0.255 e. The van der Waals surface area contributed by atoms with Crippen LogP contribution in [0.4, 0.5) is 0 Å². The number of hydrogen-bond donors (Lipinski definition) is 2. The molecule has 0 aliphatic heterocycles. The number of carbonyl (C=O) groups excluding carboxylic acids is 1. The lowest BCUT2D eigenvalue weighted by molar-refractivity contribution is 0.0931. The quantitative estimate of drug-likeness (QED) is 0.836. The summed E-state index contributed by atoms with van der Waals surface area (Å²) >= 11 is 0. The minimum Gasteiger partial charge on any atom is -0.496 e. The molecule has 4 heteroatoms. The average molecular weight is 352 g/mol. The van der Waals surface area contributed by atoms with Gasteiger partial charge < -0.3 is 15.4 Å². The van der Waals surface area contributed by atoms with Gasteiger partial charge in [0.05, 0.1) is 12.7 Å². The van der Waals surface area contributed by atoms with E-state index in [1.165, 1.54) is 5.56 Å². The molecule has 0 unspecified atom stereocenters. The van der Waals surface area contributed by atoms with Crippen molar-refractivity contribution in [1.29, 1.82) is 0 Å². The second kappa shape index (κ2) is 8.37. The summed E-state index contributed by atoms with van der Waals surface area (Å²) in [5.74, 6) is 0.533. The van der Waals surface area contributed by atoms with Crippen LogP contribution in [0.3, 0.4) is 0 Å². The molecule has 1 saturated carbocycles. The molecular weight excluding hydrogens is 324 g/mol. The zero-order valence-electron chi connectivity index (χ0n) is 15.6. The van der Waals surface area contributed by atoms with E-state index in [1.54, 1.807) is 13.2 Å². The van der Waals surface area contributed by atoms with Crippen molar-refractivity contribution < 1.29 is 9.53 Å². The molecule has 2 aromatic carbocycles. The topological polar surface area (TPSA) is 50.4 Å². The smallest absolute Gasteiger partial charge is 0.255 e. The number of hydrogen-bond acceptors (Lipinski definition) is 3. The lowest BCUT2D eigenvalue weighted by Crippen LogP contribution is -2.46. The number of nitrogens with one attached hydrogen (secondary N) is 2. The van der Waals surface area contributed by atoms with E-state index in [2.05, 4.69) is 34.9 Å². The van der Waals surface area contributed by atoms with Gasteiger partial charge in [-0.3, -0.25) is 4.79 Å². The van der Waals surface area contributed by atoms with E-state index >= 15 is 0 Å². The number of para-hydroxylation sites is 1. The highest BCUT2D eigenvalue weighted by atomic mass is 16.5. The van der Waals surface area contributed by atoms with Gasteiger partial charge in [-0.25, -0.2) is 0 Å². The zero-order chi connectivity index (χ0) is 18.4. The van der Waals surface area contributed by atoms with Crippen LogP contribution in [0.15, 0.2) is 54.6 Å². The van der Waals surface area contributed by atoms with Crippen LogP contribution >= 0.6 is 0 Å². The highest BCUT2D eigenvalue weighted by Gasteiger charge is 2.36. The van der Waals surface area contributed by atoms with Crippen molar-refractivity contribution in [3.8, 4) is 5.75 Å². The van der Waals surface area contributed by atoms with Crippen LogP contribution in [-0.4, -0.2) is 32.7 Å². The molecule has 0 aromatic heterocycles. The van der Waals surface area contributed by atoms with Crippen molar-refractivity contribution in [2.24, 2.45) is 0 Å². The normalized spacial score (nSPS) is 22.6. The first-order valence-electron chi connectivity index (χ1n) is 9.32. The molecule has 0 atom stereocenters. The van der Waals surface area contributed by atoms with Crippen LogP contribution in [-0.2, 0) is 5.41 Å². The summed E-state index contributed by atoms with van der Waals surface area (Å²) in [5, 5.41) is 6.57. The maximum atomic E-state index is 12.8. The number of benzene rings is 2. The van der Waals surface area contributed by atoms with E-state index in [0.29, 0.717) is 23.9 Å². The van der Waals surface area contributed by atoms with E-state index in [-0.39, 0.29) is 11.3 Å². The predicted molar refractivity (Wildman–Crippen MR) is 105 cm³/mol. The van der Waals surface area contributed by atoms with E-state index in [1.807, 2.05) is 31.3 Å². The fourth-order valence-corrected chi connectivity index (χ4v) is 4.00. The van der Waals surface area contributed by atoms with E-state index in [0.717, 1.165) is 25.7 Å². The van der Waals surface area contributed by atoms with Crippen LogP contribution in [0.25, 0.3) is 0 Å². The number of methoxy groups -OCH3 is 1. The van der Waals surface area contributed by atoms with Crippen LogP contribution in [0.5, 0.6) is 5.75 Å². The monoisotopic (exact) mass is 352 g/mol. The zero-order valence-corrected chi connectivity index (χ0v) is 15.6. The van der Waals surface area contributed by atoms with E-state index in [4.69, 9.17) is 4.74 Å². The number of carbonyl (C=O) groups is 1. The van der Waals surface area contributed by atoms with Crippen LogP contribution in [0, 0.1) is 0 Å². The molecule has 0 radical (unpaired) electrons. The van der Waals surface area contributed by atoms with Gasteiger partial charge in [0, 0.05) is 18.0 Å². The standard InChI is InChI=1S/C22H28N2O2/c1-23-18-12-14-22(15-13-18,17-8-4-3-5-9-17)16-24-21(25)19-10-6-7-11-20(19)26-2/h3-11,18,23H,12-16H2,1-2H3,(H,24,25). The summed E-state index contributed by atoms with van der Waals surface area (Å²) in [6.45, 7) is 0.643. The van der Waals surface area contributed by atoms with Crippen LogP contribution in [0.1, 0.15) is 41.6 Å². The Labute approximate surface area is 156 Å². The SMILES string of the molecule is CNC1CCC(CNC(=O)c2ccccc2OC)(c2ccccc2)CC1. The molecule has 2 N–H and O–H groups in total. The molecule has 4 nitrogen and oxygen atoms in total. The van der Waals surface area contributed by atoms with Crippen molar-refractivity contribution in [1.82, 2.24) is 10.6 Å². The summed E-state index contributed by atoms with van der Waals surface area (Å²) in [6.07, 6.45) is 4.37. The Kier molecular flexibility index (Phi) is 5.94. The molecule has 2 aromatic rings. The van der Waals surface area contributed by atoms with Gasteiger partial charge in [-0.2, -0.15) is 0 Å². The predicted octanol–water partition coefficient (Wildman–Crippen LogP) is 3.53. The summed E-state index contributed by atoms with van der Waals surface area (Å²) < 4.78 is 5.33. The van der Waals surface area contributed by atoms with E-state index < -0.39 is 0 Å². The molecule has 26 heavy (non-hydrogen) atoms. The third-order valence-corrected chi connectivity index (χ3v) is 5.68. The molecular formula is C22H28N2O2. The fourth-order valence-electron chi connectivity index (χ4n) is 4.00. The minimum atomic E-state index is -0.0755. The largest absolute Gasteiger partial charge is 0.496 e.